The van der Waals surface area contributed by atoms with Gasteiger partial charge in [0.1, 0.15) is 15.7 Å². The largest absolute Gasteiger partial charge is 0.454 e. The number of hydrogen-bond acceptors (Lipinski definition) is 7. The summed E-state index contributed by atoms with van der Waals surface area (Å²) in [6, 6.07) is 5.58. The number of rotatable bonds is 3. The standard InChI is InChI=1S/C15H13N5O3S/c1-8-18-19-15(20(8)2)17-13(21)12-6-16-14(24-12)9-3-4-10-11(5-9)23-7-22-10/h3-6H,7H2,1-2H3,(H,17,19,21). The number of hydrogen-bond donors (Lipinski definition) is 1. The predicted molar refractivity (Wildman–Crippen MR) is 87.4 cm³/mol. The molecule has 0 fully saturated rings. The van der Waals surface area contributed by atoms with E-state index in [1.54, 1.807) is 17.8 Å². The summed E-state index contributed by atoms with van der Waals surface area (Å²) in [7, 11) is 1.79. The number of carbonyl (C=O) groups is 1. The monoisotopic (exact) mass is 343 g/mol. The van der Waals surface area contributed by atoms with Crippen LogP contribution in [0.4, 0.5) is 5.95 Å². The number of nitrogens with one attached hydrogen (secondary N) is 1. The molecule has 9 heteroatoms. The molecule has 0 radical (unpaired) electrons. The number of aromatic nitrogens is 4. The summed E-state index contributed by atoms with van der Waals surface area (Å²) in [5.41, 5.74) is 0.873. The summed E-state index contributed by atoms with van der Waals surface area (Å²) in [6.07, 6.45) is 1.54. The molecule has 2 aromatic heterocycles. The molecule has 1 aliphatic heterocycles. The minimum Gasteiger partial charge on any atom is -0.454 e. The molecule has 3 heterocycles. The van der Waals surface area contributed by atoms with Crippen LogP contribution >= 0.6 is 11.3 Å². The first-order valence-corrected chi connectivity index (χ1v) is 7.96. The van der Waals surface area contributed by atoms with Crippen LogP contribution < -0.4 is 14.8 Å². The Morgan fingerprint density at radius 1 is 1.29 bits per heavy atom. The van der Waals surface area contributed by atoms with Crippen molar-refractivity contribution in [2.24, 2.45) is 7.05 Å². The molecule has 1 amide bonds. The first kappa shape index (κ1) is 14.6. The van der Waals surface area contributed by atoms with E-state index in [0.717, 1.165) is 16.4 Å². The van der Waals surface area contributed by atoms with E-state index >= 15 is 0 Å². The number of carbonyl (C=O) groups excluding carboxylic acids is 1. The average Bonchev–Trinajstić information content (AvgIpc) is 3.30. The third-order valence-electron chi connectivity index (χ3n) is 3.67. The van der Waals surface area contributed by atoms with Crippen LogP contribution in [0.15, 0.2) is 24.4 Å². The Hall–Kier alpha value is -2.94. The molecule has 0 spiro atoms. The zero-order valence-corrected chi connectivity index (χ0v) is 13.8. The number of fused-ring (bicyclic) bond motifs is 1. The lowest BCUT2D eigenvalue weighted by Gasteiger charge is -2.02. The molecule has 1 N–H and O–H groups in total. The molecule has 0 aliphatic carbocycles. The lowest BCUT2D eigenvalue weighted by Crippen LogP contribution is -2.14. The summed E-state index contributed by atoms with van der Waals surface area (Å²) in [5.74, 6) is 2.25. The second kappa shape index (κ2) is 5.60. The summed E-state index contributed by atoms with van der Waals surface area (Å²) in [5, 5.41) is 11.3. The highest BCUT2D eigenvalue weighted by molar-refractivity contribution is 7.17. The van der Waals surface area contributed by atoms with E-state index in [4.69, 9.17) is 9.47 Å². The second-order valence-electron chi connectivity index (χ2n) is 5.18. The molecule has 1 aromatic carbocycles. The molecule has 122 valence electrons. The maximum atomic E-state index is 12.3. The number of nitrogens with zero attached hydrogens (tertiary/aromatic N) is 4. The minimum absolute atomic E-state index is 0.224. The van der Waals surface area contributed by atoms with Gasteiger partial charge < -0.3 is 14.0 Å². The Kier molecular flexibility index (Phi) is 3.42. The van der Waals surface area contributed by atoms with Crippen LogP contribution in [-0.2, 0) is 7.05 Å². The van der Waals surface area contributed by atoms with Crippen molar-refractivity contribution in [3.8, 4) is 22.1 Å². The van der Waals surface area contributed by atoms with Gasteiger partial charge in [0.2, 0.25) is 12.7 Å². The first-order chi connectivity index (χ1) is 11.6. The van der Waals surface area contributed by atoms with Crippen molar-refractivity contribution in [1.29, 1.82) is 0 Å². The molecule has 0 bridgehead atoms. The predicted octanol–water partition coefficient (Wildman–Crippen LogP) is 2.23. The van der Waals surface area contributed by atoms with Crippen molar-refractivity contribution in [3.63, 3.8) is 0 Å². The van der Waals surface area contributed by atoms with Gasteiger partial charge in [-0.15, -0.1) is 21.5 Å². The fourth-order valence-electron chi connectivity index (χ4n) is 2.22. The maximum Gasteiger partial charge on any atom is 0.269 e. The normalized spacial score (nSPS) is 12.4. The Balaban J connectivity index is 1.56. The average molecular weight is 343 g/mol. The lowest BCUT2D eigenvalue weighted by atomic mass is 10.2. The third kappa shape index (κ3) is 2.48. The number of ether oxygens (including phenoxy) is 2. The Morgan fingerprint density at radius 2 is 2.12 bits per heavy atom. The highest BCUT2D eigenvalue weighted by atomic mass is 32.1. The van der Waals surface area contributed by atoms with Crippen LogP contribution in [-0.4, -0.2) is 32.4 Å². The molecule has 4 rings (SSSR count). The highest BCUT2D eigenvalue weighted by Gasteiger charge is 2.18. The number of aryl methyl sites for hydroxylation is 1. The van der Waals surface area contributed by atoms with Crippen LogP contribution in [0.2, 0.25) is 0 Å². The third-order valence-corrected chi connectivity index (χ3v) is 4.71. The fraction of sp³-hybridized carbons (Fsp3) is 0.200. The van der Waals surface area contributed by atoms with Crippen molar-refractivity contribution in [2.75, 3.05) is 12.1 Å². The van der Waals surface area contributed by atoms with Crippen LogP contribution in [0.3, 0.4) is 0 Å². The lowest BCUT2D eigenvalue weighted by molar-refractivity contribution is 0.102. The summed E-state index contributed by atoms with van der Waals surface area (Å²) in [6.45, 7) is 2.04. The molecule has 0 saturated carbocycles. The molecular weight excluding hydrogens is 330 g/mol. The molecule has 3 aromatic rings. The van der Waals surface area contributed by atoms with Gasteiger partial charge in [-0.1, -0.05) is 0 Å². The fourth-order valence-corrected chi connectivity index (χ4v) is 3.03. The minimum atomic E-state index is -0.269. The van der Waals surface area contributed by atoms with Gasteiger partial charge >= 0.3 is 0 Å². The van der Waals surface area contributed by atoms with Crippen molar-refractivity contribution in [1.82, 2.24) is 19.7 Å². The van der Waals surface area contributed by atoms with Gasteiger partial charge in [0.25, 0.3) is 5.91 Å². The number of anilines is 1. The van der Waals surface area contributed by atoms with E-state index in [1.807, 2.05) is 25.1 Å². The topological polar surface area (TPSA) is 91.2 Å². The van der Waals surface area contributed by atoms with Crippen LogP contribution in [0, 0.1) is 6.92 Å². The van der Waals surface area contributed by atoms with E-state index in [2.05, 4.69) is 20.5 Å². The smallest absolute Gasteiger partial charge is 0.269 e. The molecule has 8 nitrogen and oxygen atoms in total. The van der Waals surface area contributed by atoms with Crippen LogP contribution in [0.1, 0.15) is 15.5 Å². The van der Waals surface area contributed by atoms with Gasteiger partial charge in [-0.3, -0.25) is 10.1 Å². The molecule has 0 atom stereocenters. The SMILES string of the molecule is Cc1nnc(NC(=O)c2cnc(-c3ccc4c(c3)OCO4)s2)n1C. The van der Waals surface area contributed by atoms with Crippen LogP contribution in [0.5, 0.6) is 11.5 Å². The van der Waals surface area contributed by atoms with Crippen LogP contribution in [0.25, 0.3) is 10.6 Å². The molecular formula is C15H13N5O3S. The van der Waals surface area contributed by atoms with Gasteiger partial charge in [0, 0.05) is 12.6 Å². The van der Waals surface area contributed by atoms with Gasteiger partial charge in [0.15, 0.2) is 11.5 Å². The molecule has 1 aliphatic rings. The Bertz CT molecular complexity index is 933. The highest BCUT2D eigenvalue weighted by Crippen LogP contribution is 2.37. The molecule has 24 heavy (non-hydrogen) atoms. The zero-order valence-electron chi connectivity index (χ0n) is 12.9. The van der Waals surface area contributed by atoms with Crippen molar-refractivity contribution >= 4 is 23.2 Å². The van der Waals surface area contributed by atoms with E-state index in [9.17, 15) is 4.79 Å². The van der Waals surface area contributed by atoms with Crippen molar-refractivity contribution in [3.05, 3.63) is 35.1 Å². The van der Waals surface area contributed by atoms with E-state index in [1.165, 1.54) is 11.3 Å². The zero-order chi connectivity index (χ0) is 16.7. The van der Waals surface area contributed by atoms with Gasteiger partial charge in [-0.05, 0) is 25.1 Å². The number of benzene rings is 1. The maximum absolute atomic E-state index is 12.3. The summed E-state index contributed by atoms with van der Waals surface area (Å²) >= 11 is 1.29. The van der Waals surface area contributed by atoms with Gasteiger partial charge in [-0.25, -0.2) is 4.98 Å². The van der Waals surface area contributed by atoms with Gasteiger partial charge in [0.05, 0.1) is 6.20 Å². The molecule has 0 unspecified atom stereocenters. The van der Waals surface area contributed by atoms with E-state index in [0.29, 0.717) is 22.3 Å². The summed E-state index contributed by atoms with van der Waals surface area (Å²) in [4.78, 5) is 17.2. The first-order valence-electron chi connectivity index (χ1n) is 7.15. The number of thiazole rings is 1. The second-order valence-corrected chi connectivity index (χ2v) is 6.21. The van der Waals surface area contributed by atoms with Gasteiger partial charge in [-0.2, -0.15) is 0 Å². The Morgan fingerprint density at radius 3 is 2.92 bits per heavy atom. The number of amides is 1. The Labute approximate surface area is 141 Å². The van der Waals surface area contributed by atoms with Crippen molar-refractivity contribution < 1.29 is 14.3 Å². The van der Waals surface area contributed by atoms with E-state index in [-0.39, 0.29) is 12.7 Å². The summed E-state index contributed by atoms with van der Waals surface area (Å²) < 4.78 is 12.4. The van der Waals surface area contributed by atoms with E-state index < -0.39 is 0 Å². The molecule has 0 saturated heterocycles. The quantitative estimate of drug-likeness (QED) is 0.784. The van der Waals surface area contributed by atoms with Crippen molar-refractivity contribution in [2.45, 2.75) is 6.92 Å².